The van der Waals surface area contributed by atoms with E-state index in [0.29, 0.717) is 13.0 Å². The molecule has 0 bridgehead atoms. The molecule has 0 atom stereocenters. The van der Waals surface area contributed by atoms with Gasteiger partial charge in [-0.3, -0.25) is 9.78 Å². The molecule has 1 amide bonds. The second-order valence-electron chi connectivity index (χ2n) is 5.35. The topological polar surface area (TPSA) is 45.2 Å². The van der Waals surface area contributed by atoms with Crippen LogP contribution in [-0.4, -0.2) is 24.5 Å². The number of carbonyl (C=O) groups excluding carboxylic acids is 1. The predicted molar refractivity (Wildman–Crippen MR) is 94.7 cm³/mol. The molecule has 23 heavy (non-hydrogen) atoms. The molecule has 0 aliphatic carbocycles. The van der Waals surface area contributed by atoms with E-state index in [1.165, 1.54) is 0 Å². The first-order valence-electron chi connectivity index (χ1n) is 7.65. The van der Waals surface area contributed by atoms with Crippen LogP contribution in [0.15, 0.2) is 66.9 Å². The quantitative estimate of drug-likeness (QED) is 0.782. The van der Waals surface area contributed by atoms with Gasteiger partial charge in [0.15, 0.2) is 0 Å². The number of carbonyl (C=O) groups is 1. The molecule has 1 heterocycles. The molecule has 0 aliphatic rings. The molecule has 3 aromatic rings. The van der Waals surface area contributed by atoms with Crippen LogP contribution in [0.4, 0.5) is 11.4 Å². The van der Waals surface area contributed by atoms with E-state index in [1.54, 1.807) is 18.1 Å². The zero-order valence-corrected chi connectivity index (χ0v) is 13.1. The lowest BCUT2D eigenvalue weighted by Crippen LogP contribution is -2.27. The molecule has 0 unspecified atom stereocenters. The lowest BCUT2D eigenvalue weighted by atomic mass is 10.2. The van der Waals surface area contributed by atoms with Crippen molar-refractivity contribution in [2.45, 2.75) is 6.42 Å². The van der Waals surface area contributed by atoms with Crippen LogP contribution in [0.2, 0.25) is 0 Å². The number of hydrogen-bond donors (Lipinski definition) is 1. The summed E-state index contributed by atoms with van der Waals surface area (Å²) in [4.78, 5) is 18.4. The molecule has 0 saturated carbocycles. The molecule has 0 radical (unpaired) electrons. The Hall–Kier alpha value is -2.88. The second-order valence-corrected chi connectivity index (χ2v) is 5.35. The van der Waals surface area contributed by atoms with E-state index in [9.17, 15) is 4.79 Å². The average Bonchev–Trinajstić information content (AvgIpc) is 2.62. The number of pyridine rings is 1. The third kappa shape index (κ3) is 3.48. The first-order chi connectivity index (χ1) is 11.3. The number of anilines is 2. The highest BCUT2D eigenvalue weighted by atomic mass is 16.2. The van der Waals surface area contributed by atoms with Gasteiger partial charge in [-0.15, -0.1) is 0 Å². The molecule has 116 valence electrons. The summed E-state index contributed by atoms with van der Waals surface area (Å²) in [6.07, 6.45) is 2.20. The molecule has 1 aromatic heterocycles. The summed E-state index contributed by atoms with van der Waals surface area (Å²) in [6, 6.07) is 19.6. The van der Waals surface area contributed by atoms with Crippen molar-refractivity contribution in [3.8, 4) is 0 Å². The summed E-state index contributed by atoms with van der Waals surface area (Å²) >= 11 is 0. The number of nitrogens with one attached hydrogen (secondary N) is 1. The van der Waals surface area contributed by atoms with E-state index >= 15 is 0 Å². The van der Waals surface area contributed by atoms with Gasteiger partial charge in [-0.1, -0.05) is 36.4 Å². The predicted octanol–water partition coefficient (Wildman–Crippen LogP) is 3.70. The maximum atomic E-state index is 12.3. The molecular weight excluding hydrogens is 286 g/mol. The SMILES string of the molecule is CN(C(=O)CCNc1cccc2cccnc12)c1ccccc1. The summed E-state index contributed by atoms with van der Waals surface area (Å²) in [5.74, 6) is 0.0805. The van der Waals surface area contributed by atoms with Gasteiger partial charge in [0.05, 0.1) is 11.2 Å². The van der Waals surface area contributed by atoms with Crippen LogP contribution in [0, 0.1) is 0 Å². The minimum absolute atomic E-state index is 0.0805. The highest BCUT2D eigenvalue weighted by Crippen LogP contribution is 2.20. The maximum Gasteiger partial charge on any atom is 0.228 e. The van der Waals surface area contributed by atoms with E-state index in [-0.39, 0.29) is 5.91 Å². The molecular formula is C19H19N3O. The van der Waals surface area contributed by atoms with Gasteiger partial charge >= 0.3 is 0 Å². The van der Waals surface area contributed by atoms with Crippen LogP contribution in [-0.2, 0) is 4.79 Å². The van der Waals surface area contributed by atoms with Gasteiger partial charge < -0.3 is 10.2 Å². The largest absolute Gasteiger partial charge is 0.383 e. The van der Waals surface area contributed by atoms with Gasteiger partial charge in [0, 0.05) is 37.3 Å². The fourth-order valence-electron chi connectivity index (χ4n) is 2.51. The highest BCUT2D eigenvalue weighted by molar-refractivity contribution is 5.93. The number of hydrogen-bond acceptors (Lipinski definition) is 3. The van der Waals surface area contributed by atoms with Crippen LogP contribution in [0.1, 0.15) is 6.42 Å². The summed E-state index contributed by atoms with van der Waals surface area (Å²) < 4.78 is 0. The zero-order valence-electron chi connectivity index (χ0n) is 13.1. The minimum atomic E-state index is 0.0805. The van der Waals surface area contributed by atoms with Gasteiger partial charge in [-0.05, 0) is 24.3 Å². The maximum absolute atomic E-state index is 12.3. The Morgan fingerprint density at radius 3 is 2.65 bits per heavy atom. The van der Waals surface area contributed by atoms with Crippen molar-refractivity contribution in [3.05, 3.63) is 66.9 Å². The number of nitrogens with zero attached hydrogens (tertiary/aromatic N) is 2. The van der Waals surface area contributed by atoms with Crippen molar-refractivity contribution in [1.29, 1.82) is 0 Å². The number of rotatable bonds is 5. The standard InChI is InChI=1S/C19H19N3O/c1-22(16-9-3-2-4-10-16)18(23)12-14-20-17-11-5-7-15-8-6-13-21-19(15)17/h2-11,13,20H,12,14H2,1H3. The van der Waals surface area contributed by atoms with Crippen LogP contribution >= 0.6 is 0 Å². The zero-order chi connectivity index (χ0) is 16.1. The molecule has 3 rings (SSSR count). The van der Waals surface area contributed by atoms with Crippen molar-refractivity contribution in [3.63, 3.8) is 0 Å². The van der Waals surface area contributed by atoms with Gasteiger partial charge in [0.25, 0.3) is 0 Å². The van der Waals surface area contributed by atoms with E-state index in [4.69, 9.17) is 0 Å². The van der Waals surface area contributed by atoms with E-state index < -0.39 is 0 Å². The number of para-hydroxylation sites is 2. The Morgan fingerprint density at radius 1 is 1.04 bits per heavy atom. The van der Waals surface area contributed by atoms with Crippen molar-refractivity contribution in [1.82, 2.24) is 4.98 Å². The fraction of sp³-hybridized carbons (Fsp3) is 0.158. The van der Waals surface area contributed by atoms with Gasteiger partial charge in [0.2, 0.25) is 5.91 Å². The Morgan fingerprint density at radius 2 is 1.83 bits per heavy atom. The summed E-state index contributed by atoms with van der Waals surface area (Å²) in [5.41, 5.74) is 2.79. The molecule has 4 heteroatoms. The molecule has 1 N–H and O–H groups in total. The lowest BCUT2D eigenvalue weighted by Gasteiger charge is -2.17. The molecule has 0 spiro atoms. The monoisotopic (exact) mass is 305 g/mol. The molecule has 4 nitrogen and oxygen atoms in total. The second kappa shape index (κ2) is 6.92. The van der Waals surface area contributed by atoms with Crippen molar-refractivity contribution in [2.75, 3.05) is 23.8 Å². The van der Waals surface area contributed by atoms with Crippen LogP contribution in [0.25, 0.3) is 10.9 Å². The Bertz CT molecular complexity index is 797. The van der Waals surface area contributed by atoms with Crippen LogP contribution in [0.5, 0.6) is 0 Å². The lowest BCUT2D eigenvalue weighted by molar-refractivity contribution is -0.118. The van der Waals surface area contributed by atoms with E-state index in [0.717, 1.165) is 22.3 Å². The number of aromatic nitrogens is 1. The third-order valence-corrected chi connectivity index (χ3v) is 3.80. The molecule has 0 saturated heterocycles. The summed E-state index contributed by atoms with van der Waals surface area (Å²) in [6.45, 7) is 0.575. The van der Waals surface area contributed by atoms with Gasteiger partial charge in [0.1, 0.15) is 0 Å². The van der Waals surface area contributed by atoms with Crippen LogP contribution < -0.4 is 10.2 Å². The van der Waals surface area contributed by atoms with Crippen molar-refractivity contribution in [2.24, 2.45) is 0 Å². The van der Waals surface area contributed by atoms with Crippen LogP contribution in [0.3, 0.4) is 0 Å². The van der Waals surface area contributed by atoms with E-state index in [2.05, 4.69) is 10.3 Å². The van der Waals surface area contributed by atoms with Gasteiger partial charge in [-0.25, -0.2) is 0 Å². The number of fused-ring (bicyclic) bond motifs is 1. The number of benzene rings is 2. The van der Waals surface area contributed by atoms with Gasteiger partial charge in [-0.2, -0.15) is 0 Å². The first kappa shape index (κ1) is 15.0. The Kier molecular flexibility index (Phi) is 4.52. The number of amides is 1. The molecule has 0 fully saturated rings. The minimum Gasteiger partial charge on any atom is -0.383 e. The highest BCUT2D eigenvalue weighted by Gasteiger charge is 2.10. The van der Waals surface area contributed by atoms with Crippen molar-refractivity contribution >= 4 is 28.2 Å². The molecule has 2 aromatic carbocycles. The summed E-state index contributed by atoms with van der Waals surface area (Å²) in [7, 11) is 1.80. The Labute approximate surface area is 135 Å². The van der Waals surface area contributed by atoms with Crippen molar-refractivity contribution < 1.29 is 4.79 Å². The summed E-state index contributed by atoms with van der Waals surface area (Å²) in [5, 5.41) is 4.40. The smallest absolute Gasteiger partial charge is 0.228 e. The third-order valence-electron chi connectivity index (χ3n) is 3.80. The first-order valence-corrected chi connectivity index (χ1v) is 7.65. The Balaban J connectivity index is 1.61. The average molecular weight is 305 g/mol. The molecule has 0 aliphatic heterocycles. The van der Waals surface area contributed by atoms with E-state index in [1.807, 2.05) is 60.7 Å². The fourth-order valence-corrected chi connectivity index (χ4v) is 2.51. The normalized spacial score (nSPS) is 10.5.